The Balaban J connectivity index is 1.52. The van der Waals surface area contributed by atoms with Gasteiger partial charge in [0.2, 0.25) is 11.1 Å². The van der Waals surface area contributed by atoms with Gasteiger partial charge in [-0.25, -0.2) is 22.8 Å². The lowest BCUT2D eigenvalue weighted by atomic mass is 10.2. The van der Waals surface area contributed by atoms with Crippen LogP contribution in [0.3, 0.4) is 0 Å². The van der Waals surface area contributed by atoms with Gasteiger partial charge in [-0.2, -0.15) is 8.76 Å². The zero-order valence-electron chi connectivity index (χ0n) is 19.6. The number of anilines is 4. The number of benzene rings is 1. The van der Waals surface area contributed by atoms with Gasteiger partial charge < -0.3 is 15.1 Å². The summed E-state index contributed by atoms with van der Waals surface area (Å²) in [5.74, 6) is -1.69. The summed E-state index contributed by atoms with van der Waals surface area (Å²) < 4.78 is 59.9. The molecule has 0 aliphatic carbocycles. The number of halogens is 3. The first-order chi connectivity index (χ1) is 17.1. The molecule has 1 fully saturated rings. The molecule has 0 radical (unpaired) electrons. The average molecular weight is 559 g/mol. The van der Waals surface area contributed by atoms with Crippen LogP contribution in [0.2, 0.25) is 5.02 Å². The summed E-state index contributed by atoms with van der Waals surface area (Å²) in [7, 11) is -0.366. The molecule has 10 nitrogen and oxygen atoms in total. The molecular formula is C21H25ClF2N8O2S2. The molecule has 1 aliphatic heterocycles. The molecule has 2 N–H and O–H groups in total. The Kier molecular flexibility index (Phi) is 8.20. The maximum absolute atomic E-state index is 14.9. The van der Waals surface area contributed by atoms with E-state index >= 15 is 0 Å². The molecule has 0 amide bonds. The summed E-state index contributed by atoms with van der Waals surface area (Å²) in [5.41, 5.74) is 0.995. The van der Waals surface area contributed by atoms with E-state index in [1.54, 1.807) is 0 Å². The van der Waals surface area contributed by atoms with E-state index in [1.807, 2.05) is 11.9 Å². The number of aromatic nitrogens is 3. The fraction of sp³-hybridized carbons (Fsp3) is 0.381. The Hall–Kier alpha value is -2.65. The van der Waals surface area contributed by atoms with Gasteiger partial charge in [0.15, 0.2) is 0 Å². The molecule has 1 aromatic carbocycles. The minimum absolute atomic E-state index is 0.00522. The summed E-state index contributed by atoms with van der Waals surface area (Å²) in [6.07, 6.45) is 2.46. The van der Waals surface area contributed by atoms with Gasteiger partial charge in [0, 0.05) is 70.0 Å². The number of rotatable bonds is 9. The molecule has 3 heterocycles. The van der Waals surface area contributed by atoms with Crippen molar-refractivity contribution >= 4 is 55.4 Å². The number of hydrogen-bond donors (Lipinski definition) is 2. The van der Waals surface area contributed by atoms with E-state index in [0.717, 1.165) is 56.4 Å². The van der Waals surface area contributed by atoms with Crippen molar-refractivity contribution in [1.82, 2.24) is 24.1 Å². The fourth-order valence-corrected chi connectivity index (χ4v) is 5.70. The van der Waals surface area contributed by atoms with Gasteiger partial charge in [0.1, 0.15) is 17.0 Å². The molecule has 0 unspecified atom stereocenters. The van der Waals surface area contributed by atoms with E-state index in [1.165, 1.54) is 18.6 Å². The second kappa shape index (κ2) is 11.2. The van der Waals surface area contributed by atoms with Crippen LogP contribution in [-0.4, -0.2) is 85.9 Å². The first-order valence-electron chi connectivity index (χ1n) is 11.0. The molecule has 0 saturated carbocycles. The Morgan fingerprint density at radius 2 is 1.89 bits per heavy atom. The molecule has 0 atom stereocenters. The molecule has 1 aliphatic rings. The minimum atomic E-state index is -4.28. The van der Waals surface area contributed by atoms with Gasteiger partial charge in [-0.05, 0) is 13.1 Å². The molecule has 36 heavy (non-hydrogen) atoms. The summed E-state index contributed by atoms with van der Waals surface area (Å²) in [4.78, 5) is 13.3. The third kappa shape index (κ3) is 6.37. The van der Waals surface area contributed by atoms with Gasteiger partial charge >= 0.3 is 0 Å². The Morgan fingerprint density at radius 3 is 2.58 bits per heavy atom. The zero-order valence-corrected chi connectivity index (χ0v) is 22.0. The topological polar surface area (TPSA) is 107 Å². The van der Waals surface area contributed by atoms with Crippen LogP contribution in [0.1, 0.15) is 0 Å². The number of nitrogens with one attached hydrogen (secondary N) is 2. The number of sulfonamides is 1. The van der Waals surface area contributed by atoms with Crippen LogP contribution < -0.4 is 14.9 Å². The Morgan fingerprint density at radius 1 is 1.14 bits per heavy atom. The van der Waals surface area contributed by atoms with Crippen LogP contribution in [0.4, 0.5) is 31.0 Å². The zero-order chi connectivity index (χ0) is 25.9. The van der Waals surface area contributed by atoms with E-state index in [2.05, 4.69) is 41.2 Å². The number of nitrogens with zero attached hydrogens (tertiary/aromatic N) is 6. The summed E-state index contributed by atoms with van der Waals surface area (Å²) in [6.45, 7) is 5.31. The molecule has 4 rings (SSSR count). The maximum Gasteiger partial charge on any atom is 0.266 e. The highest BCUT2D eigenvalue weighted by Crippen LogP contribution is 2.34. The second-order valence-electron chi connectivity index (χ2n) is 8.33. The lowest BCUT2D eigenvalue weighted by Crippen LogP contribution is -2.46. The van der Waals surface area contributed by atoms with Gasteiger partial charge in [-0.3, -0.25) is 9.62 Å². The van der Waals surface area contributed by atoms with Gasteiger partial charge in [0.05, 0.1) is 28.3 Å². The van der Waals surface area contributed by atoms with Crippen LogP contribution >= 0.6 is 23.1 Å². The van der Waals surface area contributed by atoms with Crippen molar-refractivity contribution in [1.29, 1.82) is 0 Å². The molecular weight excluding hydrogens is 534 g/mol. The normalized spacial score (nSPS) is 15.1. The van der Waals surface area contributed by atoms with Crippen LogP contribution in [-0.2, 0) is 10.0 Å². The van der Waals surface area contributed by atoms with Crippen LogP contribution in [0.15, 0.2) is 35.6 Å². The van der Waals surface area contributed by atoms with Crippen molar-refractivity contribution in [2.45, 2.75) is 4.90 Å². The largest absolute Gasteiger partial charge is 0.371 e. The van der Waals surface area contributed by atoms with Crippen molar-refractivity contribution in [2.75, 3.05) is 68.3 Å². The predicted molar refractivity (Wildman–Crippen MR) is 137 cm³/mol. The molecule has 3 aromatic rings. The third-order valence-corrected chi connectivity index (χ3v) is 8.15. The molecule has 0 bridgehead atoms. The van der Waals surface area contributed by atoms with Crippen LogP contribution in [0.25, 0.3) is 0 Å². The molecule has 194 valence electrons. The molecule has 2 aromatic heterocycles. The van der Waals surface area contributed by atoms with Crippen molar-refractivity contribution < 1.29 is 17.2 Å². The number of likely N-dealkylation sites (N-methyl/N-ethyl adjacent to an activating group) is 2. The first kappa shape index (κ1) is 26.4. The van der Waals surface area contributed by atoms with Crippen LogP contribution in [0, 0.1) is 11.8 Å². The first-order valence-corrected chi connectivity index (χ1v) is 13.6. The SMILES string of the molecule is CN1CCN(CCN(C)c2cc(F)ncc2Nc2cc(F)c(S(=O)(=O)Nc3ncns3)cc2Cl)CC1. The van der Waals surface area contributed by atoms with Crippen LogP contribution in [0.5, 0.6) is 0 Å². The lowest BCUT2D eigenvalue weighted by molar-refractivity contribution is 0.157. The summed E-state index contributed by atoms with van der Waals surface area (Å²) in [6, 6.07) is 3.24. The fourth-order valence-electron chi connectivity index (χ4n) is 3.68. The maximum atomic E-state index is 14.9. The Bertz CT molecular complexity index is 1310. The summed E-state index contributed by atoms with van der Waals surface area (Å²) >= 11 is 7.12. The highest BCUT2D eigenvalue weighted by atomic mass is 35.5. The van der Waals surface area contributed by atoms with Crippen molar-refractivity contribution in [3.05, 3.63) is 47.5 Å². The van der Waals surface area contributed by atoms with Crippen molar-refractivity contribution in [3.8, 4) is 0 Å². The number of piperazine rings is 1. The number of hydrogen-bond acceptors (Lipinski definition) is 10. The van der Waals surface area contributed by atoms with Gasteiger partial charge in [0.25, 0.3) is 10.0 Å². The summed E-state index contributed by atoms with van der Waals surface area (Å²) in [5, 5.41) is 2.90. The van der Waals surface area contributed by atoms with E-state index < -0.39 is 26.7 Å². The molecule has 0 spiro atoms. The minimum Gasteiger partial charge on any atom is -0.371 e. The average Bonchev–Trinajstić information content (AvgIpc) is 3.34. The van der Waals surface area contributed by atoms with E-state index in [4.69, 9.17) is 11.6 Å². The third-order valence-electron chi connectivity index (χ3n) is 5.77. The predicted octanol–water partition coefficient (Wildman–Crippen LogP) is 3.09. The van der Waals surface area contributed by atoms with E-state index in [-0.39, 0.29) is 15.8 Å². The lowest BCUT2D eigenvalue weighted by Gasteiger charge is -2.34. The van der Waals surface area contributed by atoms with Crippen molar-refractivity contribution in [3.63, 3.8) is 0 Å². The second-order valence-corrected chi connectivity index (χ2v) is 11.2. The highest BCUT2D eigenvalue weighted by Gasteiger charge is 2.23. The standard InChI is InChI=1S/C21H25ClF2N8O2S2/c1-30-3-6-32(7-4-30)8-5-31(2)18-11-20(24)25-12-17(18)28-16-10-15(23)19(9-14(16)22)36(33,34)29-21-26-13-27-35-21/h9-13,28H,3-8H2,1-2H3,(H,26,27,29). The molecule has 15 heteroatoms. The quantitative estimate of drug-likeness (QED) is 0.383. The van der Waals surface area contributed by atoms with Crippen molar-refractivity contribution in [2.24, 2.45) is 0 Å². The Labute approximate surface area is 217 Å². The number of pyridine rings is 1. The van der Waals surface area contributed by atoms with Gasteiger partial charge in [-0.1, -0.05) is 11.6 Å². The van der Waals surface area contributed by atoms with E-state index in [0.29, 0.717) is 17.9 Å². The molecule has 1 saturated heterocycles. The monoisotopic (exact) mass is 558 g/mol. The van der Waals surface area contributed by atoms with Gasteiger partial charge in [-0.15, -0.1) is 0 Å². The van der Waals surface area contributed by atoms with E-state index in [9.17, 15) is 17.2 Å². The highest BCUT2D eigenvalue weighted by molar-refractivity contribution is 7.93. The smallest absolute Gasteiger partial charge is 0.266 e.